The number of hydrogen-bond donors (Lipinski definition) is 0. The molecular formula is C56H40N6. The Labute approximate surface area is 359 Å². The van der Waals surface area contributed by atoms with Crippen LogP contribution < -0.4 is 4.90 Å². The van der Waals surface area contributed by atoms with E-state index in [0.717, 1.165) is 39.6 Å². The van der Waals surface area contributed by atoms with Crippen LogP contribution in [0.25, 0.3) is 77.7 Å². The fourth-order valence-corrected chi connectivity index (χ4v) is 9.73. The van der Waals surface area contributed by atoms with Crippen LogP contribution in [0.4, 0.5) is 17.1 Å². The second-order valence-corrected chi connectivity index (χ2v) is 16.6. The van der Waals surface area contributed by atoms with Crippen LogP contribution in [-0.2, 0) is 5.41 Å². The molecule has 6 nitrogen and oxygen atoms in total. The number of anilines is 3. The van der Waals surface area contributed by atoms with E-state index in [2.05, 4.69) is 237 Å². The number of aromatic nitrogens is 5. The summed E-state index contributed by atoms with van der Waals surface area (Å²) in [5, 5.41) is 3.65. The zero-order valence-corrected chi connectivity index (χ0v) is 34.3. The molecule has 0 amide bonds. The molecule has 0 bridgehead atoms. The van der Waals surface area contributed by atoms with Crippen LogP contribution in [0.2, 0.25) is 0 Å². The van der Waals surface area contributed by atoms with Crippen molar-refractivity contribution in [3.05, 3.63) is 218 Å². The highest BCUT2D eigenvalue weighted by Gasteiger charge is 2.35. The number of benzene rings is 8. The van der Waals surface area contributed by atoms with Crippen molar-refractivity contribution in [3.63, 3.8) is 0 Å². The van der Waals surface area contributed by atoms with Crippen LogP contribution in [0.15, 0.2) is 207 Å². The smallest absolute Gasteiger partial charge is 0.162 e. The Morgan fingerprint density at radius 2 is 1.06 bits per heavy atom. The zero-order valence-electron chi connectivity index (χ0n) is 34.3. The number of fused-ring (bicyclic) bond motifs is 7. The predicted molar refractivity (Wildman–Crippen MR) is 254 cm³/mol. The topological polar surface area (TPSA) is 51.8 Å². The number of nitrogens with zero attached hydrogens (tertiary/aromatic N) is 6. The van der Waals surface area contributed by atoms with Gasteiger partial charge in [-0.15, -0.1) is 0 Å². The molecule has 0 N–H and O–H groups in total. The first kappa shape index (κ1) is 35.8. The van der Waals surface area contributed by atoms with Crippen molar-refractivity contribution in [2.45, 2.75) is 19.3 Å². The SMILES string of the molecule is CC1(C)c2ccccc2-c2ccc(N(c3ccc(-c4ccc5c(c4)c4cc6c(ccn6-c6ccccc6)cc4n5-c4ccccc4)cc3)c3ccc(-c4ncncn4)cc3)cc21. The molecule has 1 aliphatic rings. The van der Waals surface area contributed by atoms with Crippen molar-refractivity contribution in [3.8, 4) is 45.0 Å². The van der Waals surface area contributed by atoms with E-state index in [0.29, 0.717) is 5.82 Å². The lowest BCUT2D eigenvalue weighted by Gasteiger charge is -2.28. The van der Waals surface area contributed by atoms with Gasteiger partial charge in [0.15, 0.2) is 5.82 Å². The van der Waals surface area contributed by atoms with Crippen molar-refractivity contribution in [2.75, 3.05) is 4.90 Å². The van der Waals surface area contributed by atoms with Crippen LogP contribution >= 0.6 is 0 Å². The summed E-state index contributed by atoms with van der Waals surface area (Å²) >= 11 is 0. The minimum absolute atomic E-state index is 0.126. The molecule has 8 aromatic carbocycles. The zero-order chi connectivity index (χ0) is 41.4. The lowest BCUT2D eigenvalue weighted by atomic mass is 9.82. The average molecular weight is 797 g/mol. The highest BCUT2D eigenvalue weighted by molar-refractivity contribution is 6.14. The number of hydrogen-bond acceptors (Lipinski definition) is 4. The quantitative estimate of drug-likeness (QED) is 0.161. The Balaban J connectivity index is 0.979. The summed E-state index contributed by atoms with van der Waals surface area (Å²) in [6.45, 7) is 4.67. The van der Waals surface area contributed by atoms with E-state index < -0.39 is 0 Å². The largest absolute Gasteiger partial charge is 0.317 e. The van der Waals surface area contributed by atoms with Gasteiger partial charge in [0.25, 0.3) is 0 Å². The molecule has 1 aliphatic carbocycles. The summed E-state index contributed by atoms with van der Waals surface area (Å²) in [6.07, 6.45) is 5.25. The Kier molecular flexibility index (Phi) is 8.09. The van der Waals surface area contributed by atoms with E-state index in [1.54, 1.807) is 0 Å². The van der Waals surface area contributed by atoms with E-state index in [4.69, 9.17) is 0 Å². The van der Waals surface area contributed by atoms with Gasteiger partial charge in [0.05, 0.1) is 16.6 Å². The molecule has 3 heterocycles. The molecule has 3 aromatic heterocycles. The van der Waals surface area contributed by atoms with E-state index in [1.165, 1.54) is 73.2 Å². The summed E-state index contributed by atoms with van der Waals surface area (Å²) < 4.78 is 4.69. The van der Waals surface area contributed by atoms with Crippen molar-refractivity contribution in [2.24, 2.45) is 0 Å². The summed E-state index contributed by atoms with van der Waals surface area (Å²) in [5.74, 6) is 0.651. The molecule has 62 heavy (non-hydrogen) atoms. The third-order valence-electron chi connectivity index (χ3n) is 12.8. The van der Waals surface area contributed by atoms with E-state index in [9.17, 15) is 0 Å². The fourth-order valence-electron chi connectivity index (χ4n) is 9.73. The maximum Gasteiger partial charge on any atom is 0.162 e. The second kappa shape index (κ2) is 14.0. The fraction of sp³-hybridized carbons (Fsp3) is 0.0536. The molecule has 0 aliphatic heterocycles. The average Bonchev–Trinajstić information content (AvgIpc) is 3.97. The molecule has 0 saturated heterocycles. The van der Waals surface area contributed by atoms with Crippen LogP contribution in [0.3, 0.4) is 0 Å². The minimum atomic E-state index is -0.126. The van der Waals surface area contributed by atoms with Crippen molar-refractivity contribution < 1.29 is 0 Å². The molecule has 0 radical (unpaired) electrons. The standard InChI is InChI=1S/C56H40N6/c1-56(2)50-16-10-9-15-46(50)47-27-26-45(33-51(47)56)61(44-24-19-38(20-25-44)55-58-35-57-36-59-55)43-22-17-37(18-23-43)39-21-28-52-48(31-39)49-34-53-40(29-30-60(53)41-11-5-3-6-12-41)32-54(49)62(52)42-13-7-4-8-14-42/h3-36H,1-2H3. The molecule has 0 saturated carbocycles. The maximum absolute atomic E-state index is 4.39. The van der Waals surface area contributed by atoms with Gasteiger partial charge in [-0.2, -0.15) is 0 Å². The third-order valence-corrected chi connectivity index (χ3v) is 12.8. The molecule has 11 aromatic rings. The molecule has 0 fully saturated rings. The highest BCUT2D eigenvalue weighted by Crippen LogP contribution is 2.51. The van der Waals surface area contributed by atoms with Crippen LogP contribution in [0.5, 0.6) is 0 Å². The van der Waals surface area contributed by atoms with Crippen LogP contribution in [0.1, 0.15) is 25.0 Å². The monoisotopic (exact) mass is 796 g/mol. The Morgan fingerprint density at radius 3 is 1.81 bits per heavy atom. The first-order valence-corrected chi connectivity index (χ1v) is 21.1. The van der Waals surface area contributed by atoms with Gasteiger partial charge >= 0.3 is 0 Å². The van der Waals surface area contributed by atoms with Gasteiger partial charge in [0.1, 0.15) is 12.7 Å². The van der Waals surface area contributed by atoms with Crippen molar-refractivity contribution in [1.29, 1.82) is 0 Å². The Hall–Kier alpha value is -8.09. The highest BCUT2D eigenvalue weighted by atomic mass is 15.1. The van der Waals surface area contributed by atoms with E-state index in [-0.39, 0.29) is 5.41 Å². The van der Waals surface area contributed by atoms with E-state index in [1.807, 2.05) is 0 Å². The minimum Gasteiger partial charge on any atom is -0.317 e. The summed E-state index contributed by atoms with van der Waals surface area (Å²) in [4.78, 5) is 15.2. The van der Waals surface area contributed by atoms with Crippen molar-refractivity contribution >= 4 is 49.8 Å². The molecular weight excluding hydrogens is 757 g/mol. The van der Waals surface area contributed by atoms with Gasteiger partial charge in [-0.1, -0.05) is 98.8 Å². The molecule has 0 spiro atoms. The summed E-state index contributed by atoms with van der Waals surface area (Å²) in [7, 11) is 0. The van der Waals surface area contributed by atoms with Gasteiger partial charge < -0.3 is 14.0 Å². The van der Waals surface area contributed by atoms with Crippen molar-refractivity contribution in [1.82, 2.24) is 24.1 Å². The summed E-state index contributed by atoms with van der Waals surface area (Å²) in [6, 6.07) is 68.3. The van der Waals surface area contributed by atoms with Gasteiger partial charge in [-0.05, 0) is 137 Å². The Morgan fingerprint density at radius 1 is 0.452 bits per heavy atom. The third kappa shape index (κ3) is 5.68. The normalized spacial score (nSPS) is 12.8. The number of para-hydroxylation sites is 2. The van der Waals surface area contributed by atoms with Gasteiger partial charge in [-0.3, -0.25) is 0 Å². The number of rotatable bonds is 7. The molecule has 0 unspecified atom stereocenters. The molecule has 0 atom stereocenters. The predicted octanol–water partition coefficient (Wildman–Crippen LogP) is 14.0. The van der Waals surface area contributed by atoms with Gasteiger partial charge in [0.2, 0.25) is 0 Å². The van der Waals surface area contributed by atoms with Gasteiger partial charge in [0, 0.05) is 61.8 Å². The lowest BCUT2D eigenvalue weighted by molar-refractivity contribution is 0.660. The summed E-state index contributed by atoms with van der Waals surface area (Å²) in [5.41, 5.74) is 17.5. The second-order valence-electron chi connectivity index (χ2n) is 16.6. The van der Waals surface area contributed by atoms with Crippen LogP contribution in [0, 0.1) is 0 Å². The molecule has 294 valence electrons. The molecule has 12 rings (SSSR count). The first-order chi connectivity index (χ1) is 30.5. The lowest BCUT2D eigenvalue weighted by Crippen LogP contribution is -2.16. The van der Waals surface area contributed by atoms with Crippen LogP contribution in [-0.4, -0.2) is 24.1 Å². The maximum atomic E-state index is 4.39. The first-order valence-electron chi connectivity index (χ1n) is 21.1. The Bertz CT molecular complexity index is 3460. The van der Waals surface area contributed by atoms with Gasteiger partial charge in [-0.25, -0.2) is 15.0 Å². The molecule has 6 heteroatoms. The van der Waals surface area contributed by atoms with E-state index >= 15 is 0 Å².